The lowest BCUT2D eigenvalue weighted by atomic mass is 10.1. The molecule has 0 unspecified atom stereocenters. The molecular weight excluding hydrogens is 333 g/mol. The molecule has 2 aromatic rings. The van der Waals surface area contributed by atoms with Crippen LogP contribution in [-0.4, -0.2) is 35.9 Å². The van der Waals surface area contributed by atoms with E-state index >= 15 is 0 Å². The van der Waals surface area contributed by atoms with E-state index in [9.17, 15) is 9.18 Å². The van der Waals surface area contributed by atoms with Gasteiger partial charge in [0.15, 0.2) is 11.6 Å². The van der Waals surface area contributed by atoms with Crippen molar-refractivity contribution < 1.29 is 9.13 Å². The lowest BCUT2D eigenvalue weighted by Crippen LogP contribution is -2.31. The Labute approximate surface area is 153 Å². The number of hydrogen-bond acceptors (Lipinski definition) is 4. The van der Waals surface area contributed by atoms with Gasteiger partial charge in [-0.25, -0.2) is 9.07 Å². The van der Waals surface area contributed by atoms with Crippen LogP contribution < -0.4 is 10.3 Å². The highest BCUT2D eigenvalue weighted by Crippen LogP contribution is 2.27. The molecule has 3 rings (SSSR count). The normalized spacial score (nSPS) is 15.0. The highest BCUT2D eigenvalue weighted by Gasteiger charge is 2.19. The molecule has 0 amide bonds. The molecule has 0 radical (unpaired) electrons. The van der Waals surface area contributed by atoms with Crippen molar-refractivity contribution in [2.75, 3.05) is 21.2 Å². The molecular formula is C20H26FN3O2. The Bertz CT molecular complexity index is 826. The van der Waals surface area contributed by atoms with Gasteiger partial charge in [-0.1, -0.05) is 12.8 Å². The summed E-state index contributed by atoms with van der Waals surface area (Å²) in [6.45, 7) is 1.16. The first-order chi connectivity index (χ1) is 12.5. The van der Waals surface area contributed by atoms with Crippen LogP contribution in [0.5, 0.6) is 5.75 Å². The lowest BCUT2D eigenvalue weighted by molar-refractivity contribution is 0.384. The molecule has 1 aromatic heterocycles. The van der Waals surface area contributed by atoms with E-state index in [2.05, 4.69) is 5.10 Å². The van der Waals surface area contributed by atoms with E-state index in [4.69, 9.17) is 4.74 Å². The number of benzene rings is 1. The molecule has 1 aliphatic carbocycles. The molecule has 0 saturated heterocycles. The molecule has 140 valence electrons. The molecule has 0 aliphatic heterocycles. The molecule has 1 aliphatic rings. The zero-order valence-corrected chi connectivity index (χ0v) is 15.7. The Kier molecular flexibility index (Phi) is 5.71. The monoisotopic (exact) mass is 359 g/mol. The molecule has 5 nitrogen and oxygen atoms in total. The van der Waals surface area contributed by atoms with E-state index in [1.807, 2.05) is 19.0 Å². The molecule has 26 heavy (non-hydrogen) atoms. The maximum absolute atomic E-state index is 14.1. The van der Waals surface area contributed by atoms with Crippen molar-refractivity contribution in [3.05, 3.63) is 46.0 Å². The van der Waals surface area contributed by atoms with Crippen molar-refractivity contribution in [1.29, 1.82) is 0 Å². The number of rotatable bonds is 6. The fourth-order valence-corrected chi connectivity index (χ4v) is 3.58. The second kappa shape index (κ2) is 7.99. The van der Waals surface area contributed by atoms with E-state index in [1.165, 1.54) is 26.0 Å². The summed E-state index contributed by atoms with van der Waals surface area (Å²) in [6, 6.07) is 6.54. The van der Waals surface area contributed by atoms with Gasteiger partial charge >= 0.3 is 0 Å². The van der Waals surface area contributed by atoms with Gasteiger partial charge in [-0.3, -0.25) is 4.79 Å². The molecule has 1 saturated carbocycles. The number of methoxy groups -OCH3 is 1. The second-order valence-corrected chi connectivity index (χ2v) is 7.28. The van der Waals surface area contributed by atoms with E-state index in [1.54, 1.807) is 22.9 Å². The van der Waals surface area contributed by atoms with Crippen LogP contribution >= 0.6 is 0 Å². The molecule has 1 heterocycles. The van der Waals surface area contributed by atoms with E-state index in [0.717, 1.165) is 12.8 Å². The minimum absolute atomic E-state index is 0.0525. The van der Waals surface area contributed by atoms with Crippen LogP contribution in [0.1, 0.15) is 31.2 Å². The number of halogens is 1. The Balaban J connectivity index is 2.03. The van der Waals surface area contributed by atoms with Gasteiger partial charge < -0.3 is 9.64 Å². The predicted molar refractivity (Wildman–Crippen MR) is 99.8 cm³/mol. The summed E-state index contributed by atoms with van der Waals surface area (Å²) in [7, 11) is 5.29. The SMILES string of the molecule is COc1ccc(-c2cc(CN(C)C)c(=O)n(CC3CCCC3)n2)cc1F. The molecule has 0 bridgehead atoms. The van der Waals surface area contributed by atoms with Crippen LogP contribution in [0.2, 0.25) is 0 Å². The molecule has 1 fully saturated rings. The third-order valence-corrected chi connectivity index (χ3v) is 4.89. The summed E-state index contributed by atoms with van der Waals surface area (Å²) in [6.07, 6.45) is 4.71. The third-order valence-electron chi connectivity index (χ3n) is 4.89. The Morgan fingerprint density at radius 1 is 1.27 bits per heavy atom. The smallest absolute Gasteiger partial charge is 0.271 e. The minimum atomic E-state index is -0.436. The predicted octanol–water partition coefficient (Wildman–Crippen LogP) is 3.31. The molecule has 0 atom stereocenters. The summed E-state index contributed by atoms with van der Waals surface area (Å²) in [5.74, 6) is 0.256. The van der Waals surface area contributed by atoms with E-state index in [-0.39, 0.29) is 11.3 Å². The minimum Gasteiger partial charge on any atom is -0.494 e. The van der Waals surface area contributed by atoms with Crippen molar-refractivity contribution >= 4 is 0 Å². The number of aromatic nitrogens is 2. The summed E-state index contributed by atoms with van der Waals surface area (Å²) >= 11 is 0. The van der Waals surface area contributed by atoms with Gasteiger partial charge in [0.2, 0.25) is 0 Å². The Hall–Kier alpha value is -2.21. The average molecular weight is 359 g/mol. The van der Waals surface area contributed by atoms with E-state index < -0.39 is 5.82 Å². The van der Waals surface area contributed by atoms with Gasteiger partial charge in [0, 0.05) is 24.2 Å². The summed E-state index contributed by atoms with van der Waals surface area (Å²) in [4.78, 5) is 14.8. The van der Waals surface area contributed by atoms with Crippen molar-refractivity contribution in [3.63, 3.8) is 0 Å². The summed E-state index contributed by atoms with van der Waals surface area (Å²) in [5, 5.41) is 4.55. The second-order valence-electron chi connectivity index (χ2n) is 7.28. The molecule has 6 heteroatoms. The van der Waals surface area contributed by atoms with Crippen molar-refractivity contribution in [3.8, 4) is 17.0 Å². The van der Waals surface area contributed by atoms with E-state index in [0.29, 0.717) is 35.8 Å². The van der Waals surface area contributed by atoms with Crippen LogP contribution in [0, 0.1) is 11.7 Å². The molecule has 0 N–H and O–H groups in total. The largest absolute Gasteiger partial charge is 0.494 e. The van der Waals surface area contributed by atoms with Crippen molar-refractivity contribution in [2.45, 2.75) is 38.8 Å². The topological polar surface area (TPSA) is 47.4 Å². The van der Waals surface area contributed by atoms with Gasteiger partial charge in [0.25, 0.3) is 5.56 Å². The van der Waals surface area contributed by atoms with Gasteiger partial charge in [-0.15, -0.1) is 0 Å². The van der Waals surface area contributed by atoms with Crippen LogP contribution in [0.15, 0.2) is 29.1 Å². The van der Waals surface area contributed by atoms with Crippen LogP contribution in [-0.2, 0) is 13.1 Å². The van der Waals surface area contributed by atoms with Gasteiger partial charge in [0.1, 0.15) is 0 Å². The maximum atomic E-state index is 14.1. The quantitative estimate of drug-likeness (QED) is 0.794. The number of ether oxygens (including phenoxy) is 1. The highest BCUT2D eigenvalue weighted by atomic mass is 19.1. The fraction of sp³-hybridized carbons (Fsp3) is 0.500. The standard InChI is InChI=1S/C20H26FN3O2/c1-23(2)13-16-11-18(15-8-9-19(26-3)17(21)10-15)22-24(20(16)25)12-14-6-4-5-7-14/h8-11,14H,4-7,12-13H2,1-3H3. The maximum Gasteiger partial charge on any atom is 0.271 e. The summed E-state index contributed by atoms with van der Waals surface area (Å²) in [5.41, 5.74) is 1.88. The zero-order chi connectivity index (χ0) is 18.7. The zero-order valence-electron chi connectivity index (χ0n) is 15.7. The third kappa shape index (κ3) is 4.12. The Morgan fingerprint density at radius 3 is 2.62 bits per heavy atom. The van der Waals surface area contributed by atoms with Crippen molar-refractivity contribution in [1.82, 2.24) is 14.7 Å². The first-order valence-electron chi connectivity index (χ1n) is 9.07. The number of hydrogen-bond donors (Lipinski definition) is 0. The first-order valence-corrected chi connectivity index (χ1v) is 9.07. The lowest BCUT2D eigenvalue weighted by Gasteiger charge is -2.16. The first kappa shape index (κ1) is 18.6. The average Bonchev–Trinajstić information content (AvgIpc) is 3.11. The summed E-state index contributed by atoms with van der Waals surface area (Å²) < 4.78 is 20.7. The molecule has 0 spiro atoms. The van der Waals surface area contributed by atoms with Crippen molar-refractivity contribution in [2.24, 2.45) is 5.92 Å². The van der Waals surface area contributed by atoms with Gasteiger partial charge in [-0.2, -0.15) is 5.10 Å². The Morgan fingerprint density at radius 2 is 2.00 bits per heavy atom. The number of nitrogens with zero attached hydrogens (tertiary/aromatic N) is 3. The highest BCUT2D eigenvalue weighted by molar-refractivity contribution is 5.60. The van der Waals surface area contributed by atoms with Crippen LogP contribution in [0.25, 0.3) is 11.3 Å². The molecule has 1 aromatic carbocycles. The van der Waals surface area contributed by atoms with Crippen LogP contribution in [0.4, 0.5) is 4.39 Å². The van der Waals surface area contributed by atoms with Gasteiger partial charge in [0.05, 0.1) is 12.8 Å². The fourth-order valence-electron chi connectivity index (χ4n) is 3.58. The van der Waals surface area contributed by atoms with Gasteiger partial charge in [-0.05, 0) is 57.1 Å². The van der Waals surface area contributed by atoms with Crippen LogP contribution in [0.3, 0.4) is 0 Å².